The molecule has 216 valence electrons. The Bertz CT molecular complexity index is 1020. The Morgan fingerprint density at radius 2 is 1.92 bits per heavy atom. The minimum atomic E-state index is -1.39. The van der Waals surface area contributed by atoms with Gasteiger partial charge in [0.05, 0.1) is 19.1 Å². The number of carbonyl (C=O) groups is 2. The van der Waals surface area contributed by atoms with E-state index in [0.29, 0.717) is 12.5 Å². The van der Waals surface area contributed by atoms with E-state index >= 15 is 0 Å². The number of hydrogen-bond acceptors (Lipinski definition) is 7. The van der Waals surface area contributed by atoms with Crippen LogP contribution in [0.15, 0.2) is 60.2 Å². The van der Waals surface area contributed by atoms with Crippen molar-refractivity contribution in [2.24, 2.45) is 11.8 Å². The topological polar surface area (TPSA) is 102 Å². The highest BCUT2D eigenvalue weighted by atomic mass is 16.6. The minimum absolute atomic E-state index is 0.154. The largest absolute Gasteiger partial charge is 0.457 e. The Kier molecular flexibility index (Phi) is 13.1. The summed E-state index contributed by atoms with van der Waals surface area (Å²) in [7, 11) is 1.71. The Hall–Kier alpha value is -2.74. The molecule has 0 radical (unpaired) electrons. The number of aryl methyl sites for hydroxylation is 1. The molecule has 7 nitrogen and oxygen atoms in total. The molecule has 0 bridgehead atoms. The molecule has 0 amide bonds. The van der Waals surface area contributed by atoms with Gasteiger partial charge in [-0.1, -0.05) is 62.4 Å². The normalized spacial score (nSPS) is 28.7. The second-order valence-electron chi connectivity index (χ2n) is 11.0. The number of methoxy groups -OCH3 is 1. The third kappa shape index (κ3) is 11.1. The molecule has 1 aromatic rings. The van der Waals surface area contributed by atoms with Crippen LogP contribution >= 0.6 is 0 Å². The van der Waals surface area contributed by atoms with Crippen LogP contribution in [0.5, 0.6) is 0 Å². The minimum Gasteiger partial charge on any atom is -0.457 e. The van der Waals surface area contributed by atoms with Crippen molar-refractivity contribution in [3.63, 3.8) is 0 Å². The van der Waals surface area contributed by atoms with Gasteiger partial charge in [0.15, 0.2) is 0 Å². The highest BCUT2D eigenvalue weighted by Gasteiger charge is 2.35. The van der Waals surface area contributed by atoms with E-state index in [-0.39, 0.29) is 25.2 Å². The number of rotatable bonds is 9. The van der Waals surface area contributed by atoms with Gasteiger partial charge in [0.1, 0.15) is 17.8 Å². The lowest BCUT2D eigenvalue weighted by atomic mass is 9.88. The quantitative estimate of drug-likeness (QED) is 0.250. The number of esters is 2. The molecule has 1 heterocycles. The van der Waals surface area contributed by atoms with Crippen molar-refractivity contribution in [2.45, 2.75) is 97.2 Å². The Balaban J connectivity index is 2.16. The van der Waals surface area contributed by atoms with Gasteiger partial charge in [-0.05, 0) is 68.2 Å². The first-order chi connectivity index (χ1) is 18.4. The van der Waals surface area contributed by atoms with E-state index < -0.39 is 35.9 Å². The first-order valence-electron chi connectivity index (χ1n) is 13.8. The van der Waals surface area contributed by atoms with E-state index in [1.807, 2.05) is 32.1 Å². The fourth-order valence-corrected chi connectivity index (χ4v) is 4.70. The molecule has 2 N–H and O–H groups in total. The zero-order valence-corrected chi connectivity index (χ0v) is 24.3. The Morgan fingerprint density at radius 3 is 2.59 bits per heavy atom. The summed E-state index contributed by atoms with van der Waals surface area (Å²) in [5, 5.41) is 21.3. The van der Waals surface area contributed by atoms with Crippen LogP contribution < -0.4 is 0 Å². The van der Waals surface area contributed by atoms with Crippen LogP contribution in [0.25, 0.3) is 0 Å². The number of allylic oxidation sites excluding steroid dienone is 3. The molecule has 0 aliphatic carbocycles. The first-order valence-corrected chi connectivity index (χ1v) is 13.8. The summed E-state index contributed by atoms with van der Waals surface area (Å²) >= 11 is 0. The fraction of sp³-hybridized carbons (Fsp3) is 0.562. The Morgan fingerprint density at radius 1 is 1.23 bits per heavy atom. The summed E-state index contributed by atoms with van der Waals surface area (Å²) in [5.41, 5.74) is 1.95. The van der Waals surface area contributed by atoms with Crippen molar-refractivity contribution in [2.75, 3.05) is 7.11 Å². The zero-order valence-electron chi connectivity index (χ0n) is 24.3. The average Bonchev–Trinajstić information content (AvgIpc) is 2.87. The second-order valence-corrected chi connectivity index (χ2v) is 11.0. The van der Waals surface area contributed by atoms with Crippen LogP contribution in [0, 0.1) is 11.8 Å². The van der Waals surface area contributed by atoms with Crippen molar-refractivity contribution < 1.29 is 34.0 Å². The lowest BCUT2D eigenvalue weighted by Gasteiger charge is -2.32. The number of aliphatic hydroxyl groups is 2. The van der Waals surface area contributed by atoms with Gasteiger partial charge in [-0.25, -0.2) is 0 Å². The predicted molar refractivity (Wildman–Crippen MR) is 152 cm³/mol. The second kappa shape index (κ2) is 15.8. The zero-order chi connectivity index (χ0) is 29.0. The first kappa shape index (κ1) is 32.5. The molecule has 6 atom stereocenters. The summed E-state index contributed by atoms with van der Waals surface area (Å²) in [6.45, 7) is 9.43. The molecule has 7 heteroatoms. The van der Waals surface area contributed by atoms with E-state index in [1.165, 1.54) is 18.1 Å². The summed E-state index contributed by atoms with van der Waals surface area (Å²) in [6, 6.07) is 8.32. The Labute approximate surface area is 233 Å². The highest BCUT2D eigenvalue weighted by Crippen LogP contribution is 2.27. The maximum Gasteiger partial charge on any atom is 0.309 e. The van der Waals surface area contributed by atoms with E-state index in [2.05, 4.69) is 31.2 Å². The molecule has 1 unspecified atom stereocenters. The molecule has 1 aliphatic rings. The van der Waals surface area contributed by atoms with Crippen molar-refractivity contribution >= 4 is 11.9 Å². The maximum atomic E-state index is 12.6. The molecule has 0 fully saturated rings. The van der Waals surface area contributed by atoms with E-state index in [1.54, 1.807) is 26.2 Å². The monoisotopic (exact) mass is 542 g/mol. The van der Waals surface area contributed by atoms with Gasteiger partial charge in [-0.2, -0.15) is 0 Å². The summed E-state index contributed by atoms with van der Waals surface area (Å²) in [6.07, 6.45) is 9.16. The van der Waals surface area contributed by atoms with Gasteiger partial charge in [-0.15, -0.1) is 0 Å². The van der Waals surface area contributed by atoms with E-state index in [4.69, 9.17) is 14.2 Å². The van der Waals surface area contributed by atoms with Gasteiger partial charge in [0, 0.05) is 20.0 Å². The molecule has 39 heavy (non-hydrogen) atoms. The van der Waals surface area contributed by atoms with E-state index in [0.717, 1.165) is 18.4 Å². The predicted octanol–water partition coefficient (Wildman–Crippen LogP) is 5.24. The van der Waals surface area contributed by atoms with Crippen molar-refractivity contribution in [3.05, 3.63) is 71.3 Å². The highest BCUT2D eigenvalue weighted by molar-refractivity contribution is 5.70. The van der Waals surface area contributed by atoms with Crippen molar-refractivity contribution in [1.29, 1.82) is 0 Å². The van der Waals surface area contributed by atoms with Gasteiger partial charge in [0.2, 0.25) is 0 Å². The van der Waals surface area contributed by atoms with Crippen LogP contribution in [0.4, 0.5) is 0 Å². The molecule has 1 aliphatic heterocycles. The number of ether oxygens (including phenoxy) is 3. The average molecular weight is 543 g/mol. The van der Waals surface area contributed by atoms with Crippen molar-refractivity contribution in [1.82, 2.24) is 0 Å². The molecule has 0 spiro atoms. The van der Waals surface area contributed by atoms with Crippen LogP contribution in [0.1, 0.15) is 71.4 Å². The lowest BCUT2D eigenvalue weighted by molar-refractivity contribution is -0.157. The molecule has 2 rings (SSSR count). The molecule has 0 aromatic heterocycles. The summed E-state index contributed by atoms with van der Waals surface area (Å²) < 4.78 is 16.5. The summed E-state index contributed by atoms with van der Waals surface area (Å²) in [4.78, 5) is 24.3. The SMILES string of the molecule is COCc1ccccc1CCC(C)/C=C/C=C(\C)[C@H]1OC(=O)C[C@@H](O)CC[C@](C)(O)[C@H](OC(C)=O)/C=C/[C@@H]1C. The standard InChI is InChI=1S/C32H46O7/c1-22(14-16-26-12-7-8-13-27(26)21-37-6)10-9-11-23(2)31-24(3)15-17-29(38-25(4)33)32(5,36)19-18-28(34)20-30(35)39-31/h7-13,15,17,22,24,28-29,31,34,36H,14,16,18-21H2,1-6H3/b10-9+,17-15+,23-11+/t22?,24-,28-,29+,31+,32-/m0/s1. The lowest BCUT2D eigenvalue weighted by Crippen LogP contribution is -2.42. The molecule has 1 aromatic carbocycles. The van der Waals surface area contributed by atoms with Crippen molar-refractivity contribution in [3.8, 4) is 0 Å². The fourth-order valence-electron chi connectivity index (χ4n) is 4.70. The van der Waals surface area contributed by atoms with Gasteiger partial charge in [-0.3, -0.25) is 9.59 Å². The van der Waals surface area contributed by atoms with Gasteiger partial charge >= 0.3 is 11.9 Å². The van der Waals surface area contributed by atoms with Gasteiger partial charge < -0.3 is 24.4 Å². The van der Waals surface area contributed by atoms with Crippen LogP contribution in [0.2, 0.25) is 0 Å². The molecular formula is C32H46O7. The molecule has 0 saturated carbocycles. The number of aliphatic hydroxyl groups excluding tert-OH is 1. The number of cyclic esters (lactones) is 1. The van der Waals surface area contributed by atoms with E-state index in [9.17, 15) is 19.8 Å². The molecular weight excluding hydrogens is 496 g/mol. The number of carbonyl (C=O) groups excluding carboxylic acids is 2. The van der Waals surface area contributed by atoms with Crippen LogP contribution in [0.3, 0.4) is 0 Å². The maximum absolute atomic E-state index is 12.6. The third-order valence-corrected chi connectivity index (χ3v) is 7.15. The van der Waals surface area contributed by atoms with Crippen LogP contribution in [-0.4, -0.2) is 53.2 Å². The molecule has 0 saturated heterocycles. The van der Waals surface area contributed by atoms with Crippen LogP contribution in [-0.2, 0) is 36.8 Å². The number of hydrogen-bond donors (Lipinski definition) is 2. The van der Waals surface area contributed by atoms with Gasteiger partial charge in [0.25, 0.3) is 0 Å². The third-order valence-electron chi connectivity index (χ3n) is 7.15. The number of benzene rings is 1. The summed E-state index contributed by atoms with van der Waals surface area (Å²) in [5.74, 6) is -0.934. The smallest absolute Gasteiger partial charge is 0.309 e.